The number of hydrogen-bond donors (Lipinski definition) is 1. The van der Waals surface area contributed by atoms with Crippen molar-refractivity contribution in [2.45, 2.75) is 31.5 Å². The molecule has 0 amide bonds. The van der Waals surface area contributed by atoms with Crippen molar-refractivity contribution in [3.8, 4) is 0 Å². The zero-order chi connectivity index (χ0) is 21.4. The summed E-state index contributed by atoms with van der Waals surface area (Å²) in [5.74, 6) is 0. The number of nitrogens with two attached hydrogens (primary N) is 1. The Balaban J connectivity index is 1.77. The van der Waals surface area contributed by atoms with Gasteiger partial charge in [0.25, 0.3) is 0 Å². The van der Waals surface area contributed by atoms with E-state index in [4.69, 9.17) is 5.14 Å². The Hall–Kier alpha value is -2.10. The second-order valence-electron chi connectivity index (χ2n) is 7.41. The Morgan fingerprint density at radius 2 is 1.66 bits per heavy atom. The molecule has 0 atom stereocenters. The normalized spacial score (nSPS) is 16.3. The van der Waals surface area contributed by atoms with Crippen LogP contribution in [0.5, 0.6) is 0 Å². The summed E-state index contributed by atoms with van der Waals surface area (Å²) in [5.41, 5.74) is 2.58. The number of nitrogens with zero attached hydrogens (tertiary/aromatic N) is 2. The summed E-state index contributed by atoms with van der Waals surface area (Å²) in [7, 11) is -4.21. The second kappa shape index (κ2) is 7.97. The lowest BCUT2D eigenvalue weighted by molar-refractivity contribution is -0.137. The Labute approximate surface area is 169 Å². The molecule has 29 heavy (non-hydrogen) atoms. The molecule has 3 rings (SSSR count). The zero-order valence-corrected chi connectivity index (χ0v) is 17.1. The average molecular weight is 427 g/mol. The predicted octanol–water partition coefficient (Wildman–Crippen LogP) is 3.29. The highest BCUT2D eigenvalue weighted by Gasteiger charge is 2.36. The topological polar surface area (TPSA) is 66.6 Å². The van der Waals surface area contributed by atoms with Gasteiger partial charge in [-0.2, -0.15) is 13.2 Å². The van der Waals surface area contributed by atoms with Crippen molar-refractivity contribution >= 4 is 15.7 Å². The van der Waals surface area contributed by atoms with Gasteiger partial charge in [0, 0.05) is 38.4 Å². The number of primary sulfonamides is 1. The fourth-order valence-corrected chi connectivity index (χ4v) is 4.09. The minimum Gasteiger partial charge on any atom is -0.368 e. The molecule has 0 unspecified atom stereocenters. The molecule has 1 heterocycles. The van der Waals surface area contributed by atoms with E-state index in [2.05, 4.69) is 23.1 Å². The fraction of sp³-hybridized carbons (Fsp3) is 0.400. The highest BCUT2D eigenvalue weighted by molar-refractivity contribution is 7.89. The molecule has 1 saturated heterocycles. The molecule has 0 aliphatic carbocycles. The van der Waals surface area contributed by atoms with Crippen LogP contribution in [-0.2, 0) is 22.7 Å². The standard InChI is InChI=1S/C20H24F3N3O2S/c1-14-3-4-15(2)16(11-14)13-25-7-9-26(10-8-25)19-6-5-17(29(24,27)28)12-18(19)20(21,22)23/h3-6,11-12H,7-10,13H2,1-2H3,(H2,24,27,28). The molecule has 1 aliphatic rings. The van der Waals surface area contributed by atoms with E-state index < -0.39 is 26.7 Å². The molecule has 0 saturated carbocycles. The van der Waals surface area contributed by atoms with Gasteiger partial charge in [0.1, 0.15) is 0 Å². The van der Waals surface area contributed by atoms with Gasteiger partial charge in [0.2, 0.25) is 10.0 Å². The number of piperazine rings is 1. The SMILES string of the molecule is Cc1ccc(C)c(CN2CCN(c3ccc(S(N)(=O)=O)cc3C(F)(F)F)CC2)c1. The lowest BCUT2D eigenvalue weighted by Crippen LogP contribution is -2.46. The van der Waals surface area contributed by atoms with Crippen LogP contribution in [0.25, 0.3) is 0 Å². The van der Waals surface area contributed by atoms with Crippen molar-refractivity contribution in [3.05, 3.63) is 58.7 Å². The summed E-state index contributed by atoms with van der Waals surface area (Å²) in [6.07, 6.45) is -4.67. The highest BCUT2D eigenvalue weighted by atomic mass is 32.2. The molecule has 1 fully saturated rings. The molecule has 0 radical (unpaired) electrons. The second-order valence-corrected chi connectivity index (χ2v) is 8.98. The largest absolute Gasteiger partial charge is 0.418 e. The van der Waals surface area contributed by atoms with E-state index in [0.717, 1.165) is 12.6 Å². The van der Waals surface area contributed by atoms with Gasteiger partial charge in [-0.15, -0.1) is 0 Å². The molecule has 158 valence electrons. The zero-order valence-electron chi connectivity index (χ0n) is 16.3. The Bertz CT molecular complexity index is 999. The molecule has 0 bridgehead atoms. The fourth-order valence-electron chi connectivity index (χ4n) is 3.55. The van der Waals surface area contributed by atoms with E-state index in [0.29, 0.717) is 32.2 Å². The first kappa shape index (κ1) is 21.6. The van der Waals surface area contributed by atoms with Crippen molar-refractivity contribution < 1.29 is 21.6 Å². The average Bonchev–Trinajstić information content (AvgIpc) is 2.63. The van der Waals surface area contributed by atoms with Crippen LogP contribution in [0.1, 0.15) is 22.3 Å². The van der Waals surface area contributed by atoms with Crippen molar-refractivity contribution in [1.29, 1.82) is 0 Å². The van der Waals surface area contributed by atoms with E-state index >= 15 is 0 Å². The summed E-state index contributed by atoms with van der Waals surface area (Å²) in [6, 6.07) is 9.21. The Kier molecular flexibility index (Phi) is 5.93. The summed E-state index contributed by atoms with van der Waals surface area (Å²) in [6.45, 7) is 6.89. The van der Waals surface area contributed by atoms with Gasteiger partial charge in [0.05, 0.1) is 10.5 Å². The molecular weight excluding hydrogens is 403 g/mol. The van der Waals surface area contributed by atoms with Gasteiger partial charge < -0.3 is 4.90 Å². The lowest BCUT2D eigenvalue weighted by atomic mass is 10.0. The summed E-state index contributed by atoms with van der Waals surface area (Å²) >= 11 is 0. The smallest absolute Gasteiger partial charge is 0.368 e. The lowest BCUT2D eigenvalue weighted by Gasteiger charge is -2.37. The molecule has 2 aromatic rings. The predicted molar refractivity (Wildman–Crippen MR) is 106 cm³/mol. The molecule has 9 heteroatoms. The number of alkyl halides is 3. The van der Waals surface area contributed by atoms with E-state index in [1.54, 1.807) is 4.90 Å². The van der Waals surface area contributed by atoms with Crippen molar-refractivity contribution in [2.75, 3.05) is 31.1 Å². The van der Waals surface area contributed by atoms with Gasteiger partial charge in [0.15, 0.2) is 0 Å². The van der Waals surface area contributed by atoms with Crippen LogP contribution in [0.3, 0.4) is 0 Å². The van der Waals surface area contributed by atoms with Gasteiger partial charge in [-0.05, 0) is 43.2 Å². The third-order valence-corrected chi connectivity index (χ3v) is 6.12. The number of aryl methyl sites for hydroxylation is 2. The number of hydrogen-bond acceptors (Lipinski definition) is 4. The van der Waals surface area contributed by atoms with E-state index in [1.165, 1.54) is 22.8 Å². The third-order valence-electron chi connectivity index (χ3n) is 5.21. The number of halogens is 3. The van der Waals surface area contributed by atoms with E-state index in [9.17, 15) is 21.6 Å². The molecule has 0 aromatic heterocycles. The summed E-state index contributed by atoms with van der Waals surface area (Å²) in [4.78, 5) is 3.32. The molecule has 5 nitrogen and oxygen atoms in total. The monoisotopic (exact) mass is 427 g/mol. The number of rotatable bonds is 4. The summed E-state index contributed by atoms with van der Waals surface area (Å²) in [5, 5.41) is 5.00. The van der Waals surface area contributed by atoms with Crippen LogP contribution in [0.2, 0.25) is 0 Å². The summed E-state index contributed by atoms with van der Waals surface area (Å²) < 4.78 is 63.6. The Morgan fingerprint density at radius 1 is 1.00 bits per heavy atom. The first-order chi connectivity index (χ1) is 13.4. The van der Waals surface area contributed by atoms with Crippen LogP contribution >= 0.6 is 0 Å². The van der Waals surface area contributed by atoms with Crippen molar-refractivity contribution in [2.24, 2.45) is 5.14 Å². The minimum absolute atomic E-state index is 0.0173. The molecule has 2 N–H and O–H groups in total. The third kappa shape index (κ3) is 5.09. The van der Waals surface area contributed by atoms with Crippen molar-refractivity contribution in [3.63, 3.8) is 0 Å². The van der Waals surface area contributed by atoms with Crippen molar-refractivity contribution in [1.82, 2.24) is 4.90 Å². The minimum atomic E-state index is -4.67. The van der Waals surface area contributed by atoms with Gasteiger partial charge in [-0.25, -0.2) is 13.6 Å². The van der Waals surface area contributed by atoms with Gasteiger partial charge >= 0.3 is 6.18 Å². The van der Waals surface area contributed by atoms with Crippen LogP contribution in [0.15, 0.2) is 41.3 Å². The quantitative estimate of drug-likeness (QED) is 0.813. The van der Waals surface area contributed by atoms with Crippen LogP contribution < -0.4 is 10.0 Å². The molecule has 1 aliphatic heterocycles. The Morgan fingerprint density at radius 3 is 2.24 bits per heavy atom. The molecule has 2 aromatic carbocycles. The maximum absolute atomic E-state index is 13.5. The van der Waals surface area contributed by atoms with Crippen LogP contribution in [0.4, 0.5) is 18.9 Å². The number of sulfonamides is 1. The van der Waals surface area contributed by atoms with E-state index in [1.807, 2.05) is 13.8 Å². The van der Waals surface area contributed by atoms with Crippen LogP contribution in [-0.4, -0.2) is 39.5 Å². The maximum atomic E-state index is 13.5. The highest BCUT2D eigenvalue weighted by Crippen LogP contribution is 2.38. The first-order valence-corrected chi connectivity index (χ1v) is 10.8. The first-order valence-electron chi connectivity index (χ1n) is 9.22. The number of benzene rings is 2. The van der Waals surface area contributed by atoms with E-state index in [-0.39, 0.29) is 5.69 Å². The van der Waals surface area contributed by atoms with Gasteiger partial charge in [-0.1, -0.05) is 23.8 Å². The number of anilines is 1. The maximum Gasteiger partial charge on any atom is 0.418 e. The molecule has 0 spiro atoms. The van der Waals surface area contributed by atoms with Crippen LogP contribution in [0, 0.1) is 13.8 Å². The molecular formula is C20H24F3N3O2S. The van der Waals surface area contributed by atoms with Gasteiger partial charge in [-0.3, -0.25) is 4.90 Å².